The number of carbonyl (C=O) groups excluding carboxylic acids is 2. The summed E-state index contributed by atoms with van der Waals surface area (Å²) >= 11 is 0. The zero-order valence-corrected chi connectivity index (χ0v) is 16.5. The highest BCUT2D eigenvalue weighted by molar-refractivity contribution is 6.01. The summed E-state index contributed by atoms with van der Waals surface area (Å²) in [7, 11) is 0. The van der Waals surface area contributed by atoms with Crippen molar-refractivity contribution in [3.05, 3.63) is 65.2 Å². The van der Waals surface area contributed by atoms with Crippen LogP contribution in [0.3, 0.4) is 0 Å². The summed E-state index contributed by atoms with van der Waals surface area (Å²) in [5.41, 5.74) is 4.08. The van der Waals surface area contributed by atoms with Gasteiger partial charge in [-0.15, -0.1) is 0 Å². The first-order valence-electron chi connectivity index (χ1n) is 10.3. The molecule has 0 spiro atoms. The third-order valence-electron chi connectivity index (χ3n) is 6.23. The summed E-state index contributed by atoms with van der Waals surface area (Å²) in [5.74, 6) is 0.938. The number of hydrogen-bond donors (Lipinski definition) is 1. The van der Waals surface area contributed by atoms with Crippen LogP contribution in [0.1, 0.15) is 47.7 Å². The second kappa shape index (κ2) is 8.27. The van der Waals surface area contributed by atoms with Gasteiger partial charge in [0.05, 0.1) is 6.04 Å². The molecular weight excluding hydrogens is 348 g/mol. The first-order valence-corrected chi connectivity index (χ1v) is 10.3. The number of likely N-dealkylation sites (tertiary alicyclic amines) is 1. The van der Waals surface area contributed by atoms with E-state index >= 15 is 0 Å². The molecule has 28 heavy (non-hydrogen) atoms. The molecular formula is C24H28N2O2. The van der Waals surface area contributed by atoms with Crippen LogP contribution < -0.4 is 5.32 Å². The number of nitrogens with zero attached hydrogens (tertiary/aromatic N) is 1. The lowest BCUT2D eigenvalue weighted by Gasteiger charge is -2.35. The van der Waals surface area contributed by atoms with Gasteiger partial charge in [-0.2, -0.15) is 0 Å². The van der Waals surface area contributed by atoms with Crippen LogP contribution in [0.4, 0.5) is 5.69 Å². The molecule has 2 heterocycles. The predicted octanol–water partition coefficient (Wildman–Crippen LogP) is 4.10. The van der Waals surface area contributed by atoms with Crippen molar-refractivity contribution < 1.29 is 9.59 Å². The Morgan fingerprint density at radius 1 is 1.11 bits per heavy atom. The molecule has 1 N–H and O–H groups in total. The molecule has 0 radical (unpaired) electrons. The number of ketones is 1. The fourth-order valence-electron chi connectivity index (χ4n) is 4.44. The SMILES string of the molecule is CC(C(=O)c1ccc2c(c1)CCC(=O)N2)N1CCC(Cc2ccccc2)CC1. The van der Waals surface area contributed by atoms with Gasteiger partial charge >= 0.3 is 0 Å². The zero-order chi connectivity index (χ0) is 19.5. The van der Waals surface area contributed by atoms with Crippen molar-refractivity contribution in [3.8, 4) is 0 Å². The number of aryl methyl sites for hydroxylation is 1. The van der Waals surface area contributed by atoms with Crippen molar-refractivity contribution in [3.63, 3.8) is 0 Å². The Morgan fingerprint density at radius 2 is 1.86 bits per heavy atom. The number of fused-ring (bicyclic) bond motifs is 1. The van der Waals surface area contributed by atoms with E-state index < -0.39 is 0 Å². The van der Waals surface area contributed by atoms with Gasteiger partial charge in [-0.05, 0) is 80.9 Å². The quantitative estimate of drug-likeness (QED) is 0.800. The Kier molecular flexibility index (Phi) is 5.58. The minimum absolute atomic E-state index is 0.0540. The molecule has 2 aromatic rings. The Hall–Kier alpha value is -2.46. The smallest absolute Gasteiger partial charge is 0.224 e. The van der Waals surface area contributed by atoms with Gasteiger partial charge in [-0.3, -0.25) is 14.5 Å². The van der Waals surface area contributed by atoms with Gasteiger partial charge in [0.2, 0.25) is 5.91 Å². The van der Waals surface area contributed by atoms with Gasteiger partial charge in [0.1, 0.15) is 0 Å². The van der Waals surface area contributed by atoms with Gasteiger partial charge in [-0.25, -0.2) is 0 Å². The van der Waals surface area contributed by atoms with Gasteiger partial charge in [0, 0.05) is 17.7 Å². The topological polar surface area (TPSA) is 49.4 Å². The van der Waals surface area contributed by atoms with E-state index in [1.165, 1.54) is 5.56 Å². The minimum atomic E-state index is -0.103. The fraction of sp³-hybridized carbons (Fsp3) is 0.417. The molecule has 1 saturated heterocycles. The lowest BCUT2D eigenvalue weighted by Crippen LogP contribution is -2.44. The molecule has 2 aromatic carbocycles. The number of carbonyl (C=O) groups is 2. The Balaban J connectivity index is 1.35. The van der Waals surface area contributed by atoms with Crippen LogP contribution in [0.2, 0.25) is 0 Å². The molecule has 0 saturated carbocycles. The third kappa shape index (κ3) is 4.17. The van der Waals surface area contributed by atoms with Crippen molar-refractivity contribution in [1.29, 1.82) is 0 Å². The molecule has 1 unspecified atom stereocenters. The lowest BCUT2D eigenvalue weighted by atomic mass is 9.89. The summed E-state index contributed by atoms with van der Waals surface area (Å²) < 4.78 is 0. The van der Waals surface area contributed by atoms with Crippen molar-refractivity contribution in [2.45, 2.75) is 45.1 Å². The molecule has 1 atom stereocenters. The molecule has 0 aromatic heterocycles. The molecule has 1 fully saturated rings. The van der Waals surface area contributed by atoms with Crippen molar-refractivity contribution in [2.75, 3.05) is 18.4 Å². The van der Waals surface area contributed by atoms with Crippen molar-refractivity contribution >= 4 is 17.4 Å². The van der Waals surface area contributed by atoms with Crippen LogP contribution in [0.5, 0.6) is 0 Å². The van der Waals surface area contributed by atoms with Crippen LogP contribution in [-0.2, 0) is 17.6 Å². The highest BCUT2D eigenvalue weighted by atomic mass is 16.1. The summed E-state index contributed by atoms with van der Waals surface area (Å²) in [6.45, 7) is 3.98. The number of piperidine rings is 1. The summed E-state index contributed by atoms with van der Waals surface area (Å²) in [4.78, 5) is 26.9. The Bertz CT molecular complexity index is 854. The van der Waals surface area contributed by atoms with E-state index in [0.717, 1.165) is 49.2 Å². The van der Waals surface area contributed by atoms with E-state index in [9.17, 15) is 9.59 Å². The number of amides is 1. The van der Waals surface area contributed by atoms with Gasteiger partial charge in [-0.1, -0.05) is 30.3 Å². The largest absolute Gasteiger partial charge is 0.326 e. The number of nitrogens with one attached hydrogen (secondary N) is 1. The number of rotatable bonds is 5. The second-order valence-corrected chi connectivity index (χ2v) is 8.13. The maximum Gasteiger partial charge on any atom is 0.224 e. The first-order chi connectivity index (χ1) is 13.6. The van der Waals surface area contributed by atoms with E-state index in [4.69, 9.17) is 0 Å². The van der Waals surface area contributed by atoms with Gasteiger partial charge in [0.25, 0.3) is 0 Å². The van der Waals surface area contributed by atoms with E-state index in [-0.39, 0.29) is 17.7 Å². The van der Waals surface area contributed by atoms with Crippen molar-refractivity contribution in [2.24, 2.45) is 5.92 Å². The van der Waals surface area contributed by atoms with E-state index in [2.05, 4.69) is 40.5 Å². The molecule has 1 amide bonds. The minimum Gasteiger partial charge on any atom is -0.326 e. The number of Topliss-reactive ketones (excluding diaryl/α,β-unsaturated/α-hetero) is 1. The summed E-state index contributed by atoms with van der Waals surface area (Å²) in [5, 5.41) is 2.88. The van der Waals surface area contributed by atoms with E-state index in [1.807, 2.05) is 25.1 Å². The molecule has 0 bridgehead atoms. The first kappa shape index (κ1) is 18.9. The van der Waals surface area contributed by atoms with Crippen LogP contribution in [0, 0.1) is 5.92 Å². The molecule has 2 aliphatic heterocycles. The standard InChI is InChI=1S/C24H28N2O2/c1-17(24(28)21-7-9-22-20(16-21)8-10-23(27)25-22)26-13-11-19(12-14-26)15-18-5-3-2-4-6-18/h2-7,9,16-17,19H,8,10-15H2,1H3,(H,25,27). The van der Waals surface area contributed by atoms with Gasteiger partial charge < -0.3 is 5.32 Å². The van der Waals surface area contributed by atoms with Crippen LogP contribution in [0.25, 0.3) is 0 Å². The maximum atomic E-state index is 13.0. The summed E-state index contributed by atoms with van der Waals surface area (Å²) in [6, 6.07) is 16.3. The molecule has 4 heteroatoms. The zero-order valence-electron chi connectivity index (χ0n) is 16.5. The van der Waals surface area contributed by atoms with E-state index in [1.54, 1.807) is 0 Å². The van der Waals surface area contributed by atoms with E-state index in [0.29, 0.717) is 18.8 Å². The second-order valence-electron chi connectivity index (χ2n) is 8.13. The average Bonchev–Trinajstić information content (AvgIpc) is 2.73. The molecule has 146 valence electrons. The average molecular weight is 377 g/mol. The van der Waals surface area contributed by atoms with Crippen LogP contribution in [-0.4, -0.2) is 35.7 Å². The molecule has 0 aliphatic carbocycles. The lowest BCUT2D eigenvalue weighted by molar-refractivity contribution is -0.116. The van der Waals surface area contributed by atoms with Gasteiger partial charge in [0.15, 0.2) is 5.78 Å². The fourth-order valence-corrected chi connectivity index (χ4v) is 4.44. The highest BCUT2D eigenvalue weighted by Crippen LogP contribution is 2.26. The molecule has 4 rings (SSSR count). The monoisotopic (exact) mass is 376 g/mol. The number of anilines is 1. The number of hydrogen-bond acceptors (Lipinski definition) is 3. The van der Waals surface area contributed by atoms with Crippen molar-refractivity contribution in [1.82, 2.24) is 4.90 Å². The third-order valence-corrected chi connectivity index (χ3v) is 6.23. The van der Waals surface area contributed by atoms with Crippen LogP contribution in [0.15, 0.2) is 48.5 Å². The molecule has 2 aliphatic rings. The normalized spacial score (nSPS) is 19.0. The molecule has 4 nitrogen and oxygen atoms in total. The Morgan fingerprint density at radius 3 is 2.61 bits per heavy atom. The predicted molar refractivity (Wildman–Crippen MR) is 112 cm³/mol. The highest BCUT2D eigenvalue weighted by Gasteiger charge is 2.28. The number of benzene rings is 2. The van der Waals surface area contributed by atoms with Crippen LogP contribution >= 0.6 is 0 Å². The Labute approximate surface area is 166 Å². The maximum absolute atomic E-state index is 13.0. The summed E-state index contributed by atoms with van der Waals surface area (Å²) in [6.07, 6.45) is 4.62.